The molecular formula is C12H14N2O2. The first kappa shape index (κ1) is 10.7. The Kier molecular flexibility index (Phi) is 3.22. The van der Waals surface area contributed by atoms with Gasteiger partial charge in [0.05, 0.1) is 12.8 Å². The van der Waals surface area contributed by atoms with E-state index in [0.29, 0.717) is 18.9 Å². The third-order valence-electron chi connectivity index (χ3n) is 2.30. The van der Waals surface area contributed by atoms with Crippen LogP contribution in [0.5, 0.6) is 5.75 Å². The van der Waals surface area contributed by atoms with E-state index < -0.39 is 0 Å². The first-order chi connectivity index (χ1) is 7.81. The van der Waals surface area contributed by atoms with Crippen LogP contribution in [-0.4, -0.2) is 12.1 Å². The molecule has 84 valence electrons. The average molecular weight is 218 g/mol. The molecule has 0 aliphatic carbocycles. The van der Waals surface area contributed by atoms with Gasteiger partial charge in [0.1, 0.15) is 12.0 Å². The fraction of sp³-hybridized carbons (Fsp3) is 0.250. The van der Waals surface area contributed by atoms with Gasteiger partial charge in [0.25, 0.3) is 0 Å². The number of nitrogens with two attached hydrogens (primary N) is 1. The molecule has 2 N–H and O–H groups in total. The summed E-state index contributed by atoms with van der Waals surface area (Å²) in [6.07, 6.45) is 2.24. The number of hydrogen-bond donors (Lipinski definition) is 1. The average Bonchev–Trinajstić information content (AvgIpc) is 2.77. The first-order valence-electron chi connectivity index (χ1n) is 5.08. The zero-order valence-electron chi connectivity index (χ0n) is 9.14. The Morgan fingerprint density at radius 3 is 3.00 bits per heavy atom. The standard InChI is InChI=1S/C12H14N2O2/c1-15-11-4-2-3-9(5-11)6-12-14-10(7-13)8-16-12/h2-5,8H,6-7,13H2,1H3. The van der Waals surface area contributed by atoms with E-state index in [1.54, 1.807) is 13.4 Å². The Labute approximate surface area is 94.1 Å². The van der Waals surface area contributed by atoms with Gasteiger partial charge in [0, 0.05) is 13.0 Å². The highest BCUT2D eigenvalue weighted by Crippen LogP contribution is 2.15. The minimum absolute atomic E-state index is 0.404. The van der Waals surface area contributed by atoms with Crippen molar-refractivity contribution in [1.82, 2.24) is 4.98 Å². The Balaban J connectivity index is 2.13. The number of oxazole rings is 1. The van der Waals surface area contributed by atoms with E-state index in [4.69, 9.17) is 14.9 Å². The van der Waals surface area contributed by atoms with Crippen molar-refractivity contribution in [2.75, 3.05) is 7.11 Å². The van der Waals surface area contributed by atoms with Gasteiger partial charge < -0.3 is 14.9 Å². The lowest BCUT2D eigenvalue weighted by molar-refractivity contribution is 0.414. The molecule has 0 aliphatic heterocycles. The molecule has 0 amide bonds. The maximum Gasteiger partial charge on any atom is 0.198 e. The van der Waals surface area contributed by atoms with Crippen molar-refractivity contribution >= 4 is 0 Å². The molecular weight excluding hydrogens is 204 g/mol. The second-order valence-corrected chi connectivity index (χ2v) is 3.47. The number of methoxy groups -OCH3 is 1. The van der Waals surface area contributed by atoms with Gasteiger partial charge in [-0.15, -0.1) is 0 Å². The van der Waals surface area contributed by atoms with Crippen LogP contribution in [0.15, 0.2) is 34.9 Å². The topological polar surface area (TPSA) is 61.3 Å². The van der Waals surface area contributed by atoms with E-state index in [1.807, 2.05) is 24.3 Å². The van der Waals surface area contributed by atoms with Crippen molar-refractivity contribution in [2.45, 2.75) is 13.0 Å². The van der Waals surface area contributed by atoms with Crippen molar-refractivity contribution in [3.63, 3.8) is 0 Å². The zero-order valence-corrected chi connectivity index (χ0v) is 9.14. The van der Waals surface area contributed by atoms with Gasteiger partial charge in [0.2, 0.25) is 0 Å². The van der Waals surface area contributed by atoms with E-state index >= 15 is 0 Å². The van der Waals surface area contributed by atoms with Crippen molar-refractivity contribution in [1.29, 1.82) is 0 Å². The molecule has 0 aliphatic rings. The molecule has 0 saturated carbocycles. The van der Waals surface area contributed by atoms with E-state index in [2.05, 4.69) is 4.98 Å². The molecule has 16 heavy (non-hydrogen) atoms. The van der Waals surface area contributed by atoms with Gasteiger partial charge in [-0.2, -0.15) is 0 Å². The van der Waals surface area contributed by atoms with Crippen LogP contribution in [0.1, 0.15) is 17.1 Å². The van der Waals surface area contributed by atoms with E-state index in [1.165, 1.54) is 0 Å². The van der Waals surface area contributed by atoms with Crippen LogP contribution in [0.2, 0.25) is 0 Å². The summed E-state index contributed by atoms with van der Waals surface area (Å²) in [4.78, 5) is 4.25. The molecule has 0 radical (unpaired) electrons. The molecule has 0 atom stereocenters. The van der Waals surface area contributed by atoms with Crippen LogP contribution in [-0.2, 0) is 13.0 Å². The second kappa shape index (κ2) is 4.81. The SMILES string of the molecule is COc1cccc(Cc2nc(CN)co2)c1. The fourth-order valence-corrected chi connectivity index (χ4v) is 1.48. The summed E-state index contributed by atoms with van der Waals surface area (Å²) in [6.45, 7) is 0.404. The second-order valence-electron chi connectivity index (χ2n) is 3.47. The third-order valence-corrected chi connectivity index (χ3v) is 2.30. The van der Waals surface area contributed by atoms with Gasteiger partial charge in [-0.05, 0) is 17.7 Å². The van der Waals surface area contributed by atoms with Crippen molar-refractivity contribution < 1.29 is 9.15 Å². The van der Waals surface area contributed by atoms with Gasteiger partial charge in [-0.1, -0.05) is 12.1 Å². The number of nitrogens with zero attached hydrogens (tertiary/aromatic N) is 1. The van der Waals surface area contributed by atoms with Crippen LogP contribution in [0.4, 0.5) is 0 Å². The van der Waals surface area contributed by atoms with Crippen molar-refractivity contribution in [3.05, 3.63) is 47.7 Å². The molecule has 0 fully saturated rings. The van der Waals surface area contributed by atoms with Gasteiger partial charge in [-0.25, -0.2) is 4.98 Å². The van der Waals surface area contributed by atoms with Gasteiger partial charge >= 0.3 is 0 Å². The number of hydrogen-bond acceptors (Lipinski definition) is 4. The number of benzene rings is 1. The van der Waals surface area contributed by atoms with Crippen LogP contribution in [0.25, 0.3) is 0 Å². The molecule has 4 nitrogen and oxygen atoms in total. The molecule has 0 unspecified atom stereocenters. The monoisotopic (exact) mass is 218 g/mol. The number of rotatable bonds is 4. The number of ether oxygens (including phenoxy) is 1. The van der Waals surface area contributed by atoms with Gasteiger partial charge in [-0.3, -0.25) is 0 Å². The maximum atomic E-state index is 5.46. The summed E-state index contributed by atoms with van der Waals surface area (Å²) >= 11 is 0. The molecule has 1 aromatic carbocycles. The minimum atomic E-state index is 0.404. The molecule has 0 spiro atoms. The fourth-order valence-electron chi connectivity index (χ4n) is 1.48. The normalized spacial score (nSPS) is 10.4. The highest BCUT2D eigenvalue weighted by atomic mass is 16.5. The number of aromatic nitrogens is 1. The van der Waals surface area contributed by atoms with E-state index in [0.717, 1.165) is 17.0 Å². The predicted molar refractivity (Wildman–Crippen MR) is 60.2 cm³/mol. The highest BCUT2D eigenvalue weighted by molar-refractivity contribution is 5.29. The molecule has 2 rings (SSSR count). The molecule has 4 heteroatoms. The smallest absolute Gasteiger partial charge is 0.198 e. The summed E-state index contributed by atoms with van der Waals surface area (Å²) in [7, 11) is 1.65. The van der Waals surface area contributed by atoms with Crippen LogP contribution in [0, 0.1) is 0 Å². The Morgan fingerprint density at radius 2 is 2.31 bits per heavy atom. The van der Waals surface area contributed by atoms with Gasteiger partial charge in [0.15, 0.2) is 5.89 Å². The quantitative estimate of drug-likeness (QED) is 0.849. The van der Waals surface area contributed by atoms with Crippen LogP contribution < -0.4 is 10.5 Å². The lowest BCUT2D eigenvalue weighted by Gasteiger charge is -2.01. The van der Waals surface area contributed by atoms with Crippen molar-refractivity contribution in [2.24, 2.45) is 5.73 Å². The predicted octanol–water partition coefficient (Wildman–Crippen LogP) is 1.73. The van der Waals surface area contributed by atoms with E-state index in [-0.39, 0.29) is 0 Å². The molecule has 1 heterocycles. The molecule has 0 bridgehead atoms. The Morgan fingerprint density at radius 1 is 1.44 bits per heavy atom. The third kappa shape index (κ3) is 2.41. The summed E-state index contributed by atoms with van der Waals surface area (Å²) in [6, 6.07) is 7.83. The Bertz CT molecular complexity index is 466. The largest absolute Gasteiger partial charge is 0.497 e. The summed E-state index contributed by atoms with van der Waals surface area (Å²) in [5, 5.41) is 0. The Hall–Kier alpha value is -1.81. The van der Waals surface area contributed by atoms with Crippen LogP contribution >= 0.6 is 0 Å². The van der Waals surface area contributed by atoms with E-state index in [9.17, 15) is 0 Å². The molecule has 0 saturated heterocycles. The van der Waals surface area contributed by atoms with Crippen LogP contribution in [0.3, 0.4) is 0 Å². The lowest BCUT2D eigenvalue weighted by Crippen LogP contribution is -1.97. The molecule has 2 aromatic rings. The minimum Gasteiger partial charge on any atom is -0.497 e. The maximum absolute atomic E-state index is 5.46. The highest BCUT2D eigenvalue weighted by Gasteiger charge is 2.04. The summed E-state index contributed by atoms with van der Waals surface area (Å²) in [5.74, 6) is 1.51. The first-order valence-corrected chi connectivity index (χ1v) is 5.08. The molecule has 1 aromatic heterocycles. The van der Waals surface area contributed by atoms with Crippen molar-refractivity contribution in [3.8, 4) is 5.75 Å². The summed E-state index contributed by atoms with van der Waals surface area (Å²) < 4.78 is 10.4. The lowest BCUT2D eigenvalue weighted by atomic mass is 10.1. The zero-order chi connectivity index (χ0) is 11.4. The summed E-state index contributed by atoms with van der Waals surface area (Å²) in [5.41, 5.74) is 7.34.